The fraction of sp³-hybridized carbons (Fsp3) is 0.467. The molecule has 88 valence electrons. The van der Waals surface area contributed by atoms with Crippen LogP contribution in [0, 0.1) is 6.92 Å². The van der Waals surface area contributed by atoms with Crippen molar-refractivity contribution >= 4 is 0 Å². The summed E-state index contributed by atoms with van der Waals surface area (Å²) in [5.74, 6) is 0. The molecule has 0 saturated carbocycles. The van der Waals surface area contributed by atoms with Gasteiger partial charge in [0.2, 0.25) is 0 Å². The average molecular weight is 217 g/mol. The molecule has 0 radical (unpaired) electrons. The van der Waals surface area contributed by atoms with Crippen LogP contribution in [0.5, 0.6) is 0 Å². The van der Waals surface area contributed by atoms with Crippen molar-refractivity contribution in [2.75, 3.05) is 0 Å². The minimum Gasteiger partial charge on any atom is -0.310 e. The first-order valence-electron chi connectivity index (χ1n) is 6.16. The third-order valence-electron chi connectivity index (χ3n) is 2.93. The van der Waals surface area contributed by atoms with E-state index in [1.807, 2.05) is 6.08 Å². The topological polar surface area (TPSA) is 12.0 Å². The van der Waals surface area contributed by atoms with E-state index in [0.29, 0.717) is 6.04 Å². The molecule has 1 nitrogen and oxygen atoms in total. The summed E-state index contributed by atoms with van der Waals surface area (Å²) in [4.78, 5) is 0. The second kappa shape index (κ2) is 7.24. The predicted molar refractivity (Wildman–Crippen MR) is 71.5 cm³/mol. The molecule has 1 unspecified atom stereocenters. The Bertz CT molecular complexity index is 300. The Morgan fingerprint density at radius 3 is 2.56 bits per heavy atom. The van der Waals surface area contributed by atoms with Crippen molar-refractivity contribution in [3.05, 3.63) is 48.0 Å². The van der Waals surface area contributed by atoms with Crippen molar-refractivity contribution < 1.29 is 0 Å². The first-order valence-corrected chi connectivity index (χ1v) is 6.16. The predicted octanol–water partition coefficient (Wildman–Crippen LogP) is 3.83. The van der Waals surface area contributed by atoms with Gasteiger partial charge in [-0.2, -0.15) is 0 Å². The molecule has 0 saturated heterocycles. The van der Waals surface area contributed by atoms with Crippen LogP contribution in [0.4, 0.5) is 0 Å². The Hall–Kier alpha value is -1.08. The van der Waals surface area contributed by atoms with Crippen LogP contribution >= 0.6 is 0 Å². The van der Waals surface area contributed by atoms with Crippen LogP contribution in [0.25, 0.3) is 0 Å². The number of hydrogen-bond acceptors (Lipinski definition) is 1. The van der Waals surface area contributed by atoms with Crippen LogP contribution in [0.2, 0.25) is 0 Å². The van der Waals surface area contributed by atoms with E-state index in [1.54, 1.807) is 0 Å². The molecule has 1 N–H and O–H groups in total. The summed E-state index contributed by atoms with van der Waals surface area (Å²) in [5.41, 5.74) is 2.69. The molecule has 0 bridgehead atoms. The standard InChI is InChI=1S/C15H23N/c1-4-6-7-15(5-2)16-12-14-10-8-13(3)9-11-14/h4,8-11,15-16H,1,5-7,12H2,2-3H3. The second-order valence-electron chi connectivity index (χ2n) is 4.34. The second-order valence-corrected chi connectivity index (χ2v) is 4.34. The van der Waals surface area contributed by atoms with Gasteiger partial charge in [0.1, 0.15) is 0 Å². The first-order chi connectivity index (χ1) is 7.76. The molecule has 0 aromatic heterocycles. The summed E-state index contributed by atoms with van der Waals surface area (Å²) in [7, 11) is 0. The number of nitrogens with one attached hydrogen (secondary N) is 1. The lowest BCUT2D eigenvalue weighted by molar-refractivity contribution is 0.470. The van der Waals surface area contributed by atoms with Gasteiger partial charge in [0.15, 0.2) is 0 Å². The van der Waals surface area contributed by atoms with Gasteiger partial charge in [-0.1, -0.05) is 42.8 Å². The first kappa shape index (κ1) is 13.0. The molecule has 0 fully saturated rings. The molecule has 0 amide bonds. The Kier molecular flexibility index (Phi) is 5.87. The van der Waals surface area contributed by atoms with Crippen LogP contribution < -0.4 is 5.32 Å². The molecule has 0 aliphatic rings. The van der Waals surface area contributed by atoms with Gasteiger partial charge in [-0.25, -0.2) is 0 Å². The summed E-state index contributed by atoms with van der Waals surface area (Å²) in [5, 5.41) is 3.59. The summed E-state index contributed by atoms with van der Waals surface area (Å²) >= 11 is 0. The van der Waals surface area contributed by atoms with E-state index in [0.717, 1.165) is 13.0 Å². The third kappa shape index (κ3) is 4.63. The van der Waals surface area contributed by atoms with Crippen molar-refractivity contribution in [1.29, 1.82) is 0 Å². The molecule has 1 heteroatoms. The highest BCUT2D eigenvalue weighted by atomic mass is 14.9. The Morgan fingerprint density at radius 2 is 2.00 bits per heavy atom. The Morgan fingerprint density at radius 1 is 1.31 bits per heavy atom. The van der Waals surface area contributed by atoms with Gasteiger partial charge in [0, 0.05) is 12.6 Å². The highest BCUT2D eigenvalue weighted by Gasteiger charge is 2.03. The zero-order chi connectivity index (χ0) is 11.8. The zero-order valence-electron chi connectivity index (χ0n) is 10.5. The number of hydrogen-bond donors (Lipinski definition) is 1. The molecular weight excluding hydrogens is 194 g/mol. The van der Waals surface area contributed by atoms with Crippen molar-refractivity contribution in [1.82, 2.24) is 5.32 Å². The molecule has 0 heterocycles. The van der Waals surface area contributed by atoms with Gasteiger partial charge in [-0.05, 0) is 31.7 Å². The van der Waals surface area contributed by atoms with Crippen LogP contribution in [0.1, 0.15) is 37.3 Å². The number of allylic oxidation sites excluding steroid dienone is 1. The van der Waals surface area contributed by atoms with E-state index in [2.05, 4.69) is 50.0 Å². The smallest absolute Gasteiger partial charge is 0.0208 e. The van der Waals surface area contributed by atoms with Crippen molar-refractivity contribution in [2.45, 2.75) is 45.7 Å². The van der Waals surface area contributed by atoms with Gasteiger partial charge in [-0.15, -0.1) is 6.58 Å². The summed E-state index contributed by atoms with van der Waals surface area (Å²) < 4.78 is 0. The van der Waals surface area contributed by atoms with Gasteiger partial charge < -0.3 is 5.32 Å². The number of benzene rings is 1. The van der Waals surface area contributed by atoms with Crippen LogP contribution in [0.15, 0.2) is 36.9 Å². The van der Waals surface area contributed by atoms with Gasteiger partial charge in [0.05, 0.1) is 0 Å². The normalized spacial score (nSPS) is 12.4. The van der Waals surface area contributed by atoms with Gasteiger partial charge in [-0.3, -0.25) is 0 Å². The van der Waals surface area contributed by atoms with E-state index in [9.17, 15) is 0 Å². The summed E-state index contributed by atoms with van der Waals surface area (Å²) in [6.07, 6.45) is 5.46. The molecule has 1 aromatic carbocycles. The SMILES string of the molecule is C=CCCC(CC)NCc1ccc(C)cc1. The molecule has 0 aliphatic carbocycles. The number of rotatable bonds is 7. The lowest BCUT2D eigenvalue weighted by atomic mass is 10.1. The van der Waals surface area contributed by atoms with E-state index in [-0.39, 0.29) is 0 Å². The largest absolute Gasteiger partial charge is 0.310 e. The molecular formula is C15H23N. The summed E-state index contributed by atoms with van der Waals surface area (Å²) in [6.45, 7) is 9.09. The quantitative estimate of drug-likeness (QED) is 0.684. The molecule has 1 atom stereocenters. The van der Waals surface area contributed by atoms with Crippen molar-refractivity contribution in [3.8, 4) is 0 Å². The maximum absolute atomic E-state index is 3.77. The maximum Gasteiger partial charge on any atom is 0.0208 e. The highest BCUT2D eigenvalue weighted by molar-refractivity contribution is 5.21. The fourth-order valence-corrected chi connectivity index (χ4v) is 1.74. The molecule has 16 heavy (non-hydrogen) atoms. The van der Waals surface area contributed by atoms with E-state index in [4.69, 9.17) is 0 Å². The minimum absolute atomic E-state index is 0.610. The third-order valence-corrected chi connectivity index (χ3v) is 2.93. The monoisotopic (exact) mass is 217 g/mol. The van der Waals surface area contributed by atoms with Gasteiger partial charge in [0.25, 0.3) is 0 Å². The molecule has 0 aliphatic heterocycles. The van der Waals surface area contributed by atoms with Crippen LogP contribution in [0.3, 0.4) is 0 Å². The van der Waals surface area contributed by atoms with Gasteiger partial charge >= 0.3 is 0 Å². The highest BCUT2D eigenvalue weighted by Crippen LogP contribution is 2.06. The average Bonchev–Trinajstić information content (AvgIpc) is 2.32. The molecule has 1 rings (SSSR count). The molecule has 1 aromatic rings. The molecule has 0 spiro atoms. The van der Waals surface area contributed by atoms with Crippen LogP contribution in [-0.4, -0.2) is 6.04 Å². The van der Waals surface area contributed by atoms with E-state index < -0.39 is 0 Å². The Labute approximate surface area is 99.6 Å². The minimum atomic E-state index is 0.610. The van der Waals surface area contributed by atoms with Crippen LogP contribution in [-0.2, 0) is 6.54 Å². The zero-order valence-corrected chi connectivity index (χ0v) is 10.5. The number of aryl methyl sites for hydroxylation is 1. The lowest BCUT2D eigenvalue weighted by Gasteiger charge is -2.16. The van der Waals surface area contributed by atoms with Crippen molar-refractivity contribution in [2.24, 2.45) is 0 Å². The lowest BCUT2D eigenvalue weighted by Crippen LogP contribution is -2.27. The van der Waals surface area contributed by atoms with Crippen molar-refractivity contribution in [3.63, 3.8) is 0 Å². The maximum atomic E-state index is 3.77. The van der Waals surface area contributed by atoms with E-state index in [1.165, 1.54) is 24.0 Å². The summed E-state index contributed by atoms with van der Waals surface area (Å²) in [6, 6.07) is 9.34. The van der Waals surface area contributed by atoms with E-state index >= 15 is 0 Å². The fourth-order valence-electron chi connectivity index (χ4n) is 1.74. The Balaban J connectivity index is 2.36.